The summed E-state index contributed by atoms with van der Waals surface area (Å²) in [6, 6.07) is 12.1. The van der Waals surface area contributed by atoms with E-state index in [0.717, 1.165) is 17.7 Å². The summed E-state index contributed by atoms with van der Waals surface area (Å²) in [4.78, 5) is 16.1. The number of carbonyl (C=O) groups excluding carboxylic acids is 1. The van der Waals surface area contributed by atoms with E-state index in [1.165, 1.54) is 17.3 Å². The smallest absolute Gasteiger partial charge is 0.230 e. The molecule has 1 aromatic carbocycles. The van der Waals surface area contributed by atoms with Gasteiger partial charge in [0, 0.05) is 37.3 Å². The number of thioether (sulfide) groups is 1. The van der Waals surface area contributed by atoms with Gasteiger partial charge in [-0.3, -0.25) is 14.3 Å². The number of nitrogens with zero attached hydrogens (tertiary/aromatic N) is 4. The summed E-state index contributed by atoms with van der Waals surface area (Å²) in [5.41, 5.74) is 3.13. The van der Waals surface area contributed by atoms with Gasteiger partial charge in [0.1, 0.15) is 0 Å². The fourth-order valence-electron chi connectivity index (χ4n) is 2.64. The summed E-state index contributed by atoms with van der Waals surface area (Å²) >= 11 is 1.35. The van der Waals surface area contributed by atoms with Gasteiger partial charge < -0.3 is 10.1 Å². The molecular formula is C20H23N5O2S. The molecule has 0 fully saturated rings. The number of nitrogens with one attached hydrogen (secondary N) is 1. The molecule has 8 heteroatoms. The molecule has 0 radical (unpaired) electrons. The molecule has 0 saturated carbocycles. The van der Waals surface area contributed by atoms with Gasteiger partial charge in [0.2, 0.25) is 5.91 Å². The number of rotatable bonds is 9. The average molecular weight is 398 g/mol. The zero-order valence-corrected chi connectivity index (χ0v) is 16.8. The van der Waals surface area contributed by atoms with Crippen LogP contribution in [0.4, 0.5) is 0 Å². The highest BCUT2D eigenvalue weighted by Gasteiger charge is 2.17. The number of hydrogen-bond donors (Lipinski definition) is 1. The fourth-order valence-corrected chi connectivity index (χ4v) is 3.42. The van der Waals surface area contributed by atoms with Gasteiger partial charge in [0.25, 0.3) is 0 Å². The first-order valence-corrected chi connectivity index (χ1v) is 10.0. The summed E-state index contributed by atoms with van der Waals surface area (Å²) in [6.45, 7) is 3.10. The van der Waals surface area contributed by atoms with Gasteiger partial charge >= 0.3 is 0 Å². The number of aromatic nitrogens is 4. The maximum atomic E-state index is 12.0. The van der Waals surface area contributed by atoms with Crippen molar-refractivity contribution in [3.8, 4) is 17.1 Å². The first kappa shape index (κ1) is 20.0. The van der Waals surface area contributed by atoms with Crippen molar-refractivity contribution in [1.82, 2.24) is 25.1 Å². The van der Waals surface area contributed by atoms with Crippen LogP contribution < -0.4 is 5.32 Å². The first-order valence-electron chi connectivity index (χ1n) is 9.06. The molecule has 0 spiro atoms. The lowest BCUT2D eigenvalue weighted by Gasteiger charge is -2.11. The minimum absolute atomic E-state index is 0.0663. The minimum Gasteiger partial charge on any atom is -0.383 e. The van der Waals surface area contributed by atoms with Crippen molar-refractivity contribution in [3.63, 3.8) is 0 Å². The zero-order chi connectivity index (χ0) is 19.8. The van der Waals surface area contributed by atoms with Crippen molar-refractivity contribution >= 4 is 17.7 Å². The maximum absolute atomic E-state index is 12.0. The zero-order valence-electron chi connectivity index (χ0n) is 16.0. The molecule has 3 aromatic rings. The molecule has 0 atom stereocenters. The van der Waals surface area contributed by atoms with E-state index < -0.39 is 0 Å². The molecule has 2 heterocycles. The summed E-state index contributed by atoms with van der Waals surface area (Å²) in [7, 11) is 1.60. The molecule has 0 saturated heterocycles. The van der Waals surface area contributed by atoms with E-state index in [9.17, 15) is 4.79 Å². The van der Waals surface area contributed by atoms with Crippen LogP contribution in [-0.4, -0.2) is 51.7 Å². The number of ether oxygens (including phenoxy) is 1. The second-order valence-corrected chi connectivity index (χ2v) is 6.97. The van der Waals surface area contributed by atoms with Gasteiger partial charge in [-0.1, -0.05) is 30.8 Å². The number of hydrogen-bond acceptors (Lipinski definition) is 6. The number of carbonyl (C=O) groups is 1. The Kier molecular flexibility index (Phi) is 7.16. The molecular weight excluding hydrogens is 374 g/mol. The molecule has 1 N–H and O–H groups in total. The van der Waals surface area contributed by atoms with E-state index in [-0.39, 0.29) is 11.7 Å². The second-order valence-electron chi connectivity index (χ2n) is 6.03. The van der Waals surface area contributed by atoms with E-state index >= 15 is 0 Å². The highest BCUT2D eigenvalue weighted by Crippen LogP contribution is 2.27. The van der Waals surface area contributed by atoms with E-state index in [0.29, 0.717) is 24.1 Å². The van der Waals surface area contributed by atoms with Gasteiger partial charge in [0.05, 0.1) is 12.4 Å². The lowest BCUT2D eigenvalue weighted by atomic mass is 10.1. The number of methoxy groups -OCH3 is 1. The number of benzene rings is 1. The molecule has 1 amide bonds. The highest BCUT2D eigenvalue weighted by atomic mass is 32.2. The largest absolute Gasteiger partial charge is 0.383 e. The fraction of sp³-hybridized carbons (Fsp3) is 0.300. The van der Waals surface area contributed by atoms with Gasteiger partial charge in [-0.2, -0.15) is 0 Å². The van der Waals surface area contributed by atoms with Crippen LogP contribution in [0.3, 0.4) is 0 Å². The predicted molar refractivity (Wildman–Crippen MR) is 110 cm³/mol. The van der Waals surface area contributed by atoms with Crippen LogP contribution in [0.25, 0.3) is 17.1 Å². The summed E-state index contributed by atoms with van der Waals surface area (Å²) in [5.74, 6) is 0.906. The second kappa shape index (κ2) is 10.0. The Bertz CT molecular complexity index is 897. The summed E-state index contributed by atoms with van der Waals surface area (Å²) in [6.07, 6.45) is 4.43. The Morgan fingerprint density at radius 3 is 2.57 bits per heavy atom. The number of pyridine rings is 1. The molecule has 146 valence electrons. The molecule has 0 aliphatic rings. The summed E-state index contributed by atoms with van der Waals surface area (Å²) < 4.78 is 6.92. The monoisotopic (exact) mass is 397 g/mol. The van der Waals surface area contributed by atoms with Crippen LogP contribution in [0.2, 0.25) is 0 Å². The third-order valence-electron chi connectivity index (χ3n) is 4.14. The summed E-state index contributed by atoms with van der Waals surface area (Å²) in [5, 5.41) is 12.2. The van der Waals surface area contributed by atoms with E-state index in [1.54, 1.807) is 19.5 Å². The van der Waals surface area contributed by atoms with Gasteiger partial charge in [-0.15, -0.1) is 10.2 Å². The van der Waals surface area contributed by atoms with Crippen molar-refractivity contribution in [2.45, 2.75) is 18.5 Å². The molecule has 0 unspecified atom stereocenters. The molecule has 2 aromatic heterocycles. The molecule has 28 heavy (non-hydrogen) atoms. The Morgan fingerprint density at radius 1 is 1.14 bits per heavy atom. The van der Waals surface area contributed by atoms with Crippen LogP contribution in [0.1, 0.15) is 12.5 Å². The Hall–Kier alpha value is -2.71. The first-order chi connectivity index (χ1) is 13.7. The third kappa shape index (κ3) is 4.96. The topological polar surface area (TPSA) is 81.9 Å². The average Bonchev–Trinajstić information content (AvgIpc) is 3.17. The Balaban J connectivity index is 1.87. The van der Waals surface area contributed by atoms with Crippen molar-refractivity contribution in [3.05, 3.63) is 54.4 Å². The van der Waals surface area contributed by atoms with Crippen molar-refractivity contribution < 1.29 is 9.53 Å². The van der Waals surface area contributed by atoms with Crippen LogP contribution in [0.5, 0.6) is 0 Å². The van der Waals surface area contributed by atoms with Crippen LogP contribution in [0, 0.1) is 0 Å². The Labute approximate surface area is 168 Å². The highest BCUT2D eigenvalue weighted by molar-refractivity contribution is 7.99. The standard InChI is InChI=1S/C20H23N5O2S/c1-3-15-4-6-17(7-5-15)25-19(16-8-10-21-11-9-16)23-24-20(25)28-14-18(26)22-12-13-27-2/h4-11H,3,12-14H2,1-2H3,(H,22,26). The van der Waals surface area contributed by atoms with Crippen molar-refractivity contribution in [2.24, 2.45) is 0 Å². The Morgan fingerprint density at radius 2 is 1.89 bits per heavy atom. The van der Waals surface area contributed by atoms with E-state index in [2.05, 4.69) is 51.7 Å². The molecule has 7 nitrogen and oxygen atoms in total. The normalized spacial score (nSPS) is 10.8. The minimum atomic E-state index is -0.0663. The van der Waals surface area contributed by atoms with Gasteiger partial charge in [-0.05, 0) is 36.2 Å². The van der Waals surface area contributed by atoms with Crippen LogP contribution in [-0.2, 0) is 16.0 Å². The van der Waals surface area contributed by atoms with Crippen LogP contribution in [0.15, 0.2) is 53.9 Å². The van der Waals surface area contributed by atoms with Gasteiger partial charge in [0.15, 0.2) is 11.0 Å². The lowest BCUT2D eigenvalue weighted by molar-refractivity contribution is -0.118. The molecule has 0 aliphatic carbocycles. The predicted octanol–water partition coefficient (Wildman–Crippen LogP) is 2.75. The molecule has 3 rings (SSSR count). The SMILES string of the molecule is CCc1ccc(-n2c(SCC(=O)NCCOC)nnc2-c2ccncc2)cc1. The number of aryl methyl sites for hydroxylation is 1. The molecule has 0 aliphatic heterocycles. The quantitative estimate of drug-likeness (QED) is 0.442. The molecule has 0 bridgehead atoms. The van der Waals surface area contributed by atoms with Crippen molar-refractivity contribution in [1.29, 1.82) is 0 Å². The van der Waals surface area contributed by atoms with E-state index in [4.69, 9.17) is 4.74 Å². The number of amides is 1. The van der Waals surface area contributed by atoms with E-state index in [1.807, 2.05) is 16.7 Å². The third-order valence-corrected chi connectivity index (χ3v) is 5.06. The van der Waals surface area contributed by atoms with Gasteiger partial charge in [-0.25, -0.2) is 0 Å². The maximum Gasteiger partial charge on any atom is 0.230 e. The van der Waals surface area contributed by atoms with Crippen molar-refractivity contribution in [2.75, 3.05) is 26.0 Å². The lowest BCUT2D eigenvalue weighted by Crippen LogP contribution is -2.28. The van der Waals surface area contributed by atoms with Crippen LogP contribution >= 0.6 is 11.8 Å².